The van der Waals surface area contributed by atoms with Crippen LogP contribution >= 0.6 is 0 Å². The molecule has 0 bridgehead atoms. The van der Waals surface area contributed by atoms with Crippen LogP contribution in [0.25, 0.3) is 44.2 Å². The summed E-state index contributed by atoms with van der Waals surface area (Å²) in [6.45, 7) is 6.74. The first-order chi connectivity index (χ1) is 14.0. The monoisotopic (exact) mass is 376 g/mol. The Kier molecular flexibility index (Phi) is 4.06. The maximum atomic E-state index is 6.35. The van der Waals surface area contributed by atoms with Gasteiger partial charge in [-0.1, -0.05) is 93.6 Å². The van der Waals surface area contributed by atoms with E-state index in [1.807, 2.05) is 6.07 Å². The molecule has 4 aromatic carbocycles. The van der Waals surface area contributed by atoms with Crippen LogP contribution < -0.4 is 0 Å². The maximum absolute atomic E-state index is 6.35. The van der Waals surface area contributed by atoms with E-state index in [2.05, 4.69) is 106 Å². The van der Waals surface area contributed by atoms with Gasteiger partial charge in [0.15, 0.2) is 0 Å². The second-order valence-electron chi connectivity index (χ2n) is 8.69. The molecule has 0 radical (unpaired) electrons. The molecule has 0 saturated heterocycles. The molecular weight excluding hydrogens is 352 g/mol. The van der Waals surface area contributed by atoms with Crippen LogP contribution in [-0.2, 0) is 5.41 Å². The minimum atomic E-state index is 0.111. The van der Waals surface area contributed by atoms with Crippen molar-refractivity contribution >= 4 is 21.9 Å². The molecule has 0 aliphatic heterocycles. The summed E-state index contributed by atoms with van der Waals surface area (Å²) in [7, 11) is 0. The first kappa shape index (κ1) is 17.8. The molecule has 1 heterocycles. The number of para-hydroxylation sites is 1. The number of benzene rings is 4. The fourth-order valence-corrected chi connectivity index (χ4v) is 3.99. The lowest BCUT2D eigenvalue weighted by Crippen LogP contribution is -2.10. The molecule has 0 atom stereocenters. The van der Waals surface area contributed by atoms with E-state index < -0.39 is 0 Å². The van der Waals surface area contributed by atoms with Crippen molar-refractivity contribution in [1.29, 1.82) is 0 Å². The van der Waals surface area contributed by atoms with Gasteiger partial charge >= 0.3 is 0 Å². The first-order valence-electron chi connectivity index (χ1n) is 10.1. The molecule has 0 aliphatic rings. The van der Waals surface area contributed by atoms with Gasteiger partial charge in [-0.05, 0) is 45.9 Å². The summed E-state index contributed by atoms with van der Waals surface area (Å²) in [5, 5.41) is 2.36. The van der Waals surface area contributed by atoms with Gasteiger partial charge in [0.1, 0.15) is 11.2 Å². The summed E-state index contributed by atoms with van der Waals surface area (Å²) in [4.78, 5) is 0. The summed E-state index contributed by atoms with van der Waals surface area (Å²) in [5.41, 5.74) is 8.08. The molecule has 0 N–H and O–H groups in total. The van der Waals surface area contributed by atoms with Crippen LogP contribution in [0.2, 0.25) is 0 Å². The fourth-order valence-electron chi connectivity index (χ4n) is 3.99. The average molecular weight is 376 g/mol. The number of hydrogen-bond donors (Lipinski definition) is 0. The number of hydrogen-bond acceptors (Lipinski definition) is 1. The van der Waals surface area contributed by atoms with E-state index in [1.54, 1.807) is 0 Å². The number of fused-ring (bicyclic) bond motifs is 3. The Labute approximate surface area is 171 Å². The van der Waals surface area contributed by atoms with Crippen molar-refractivity contribution < 1.29 is 4.42 Å². The normalized spacial score (nSPS) is 12.0. The molecule has 0 unspecified atom stereocenters. The van der Waals surface area contributed by atoms with Gasteiger partial charge in [0, 0.05) is 16.3 Å². The lowest BCUT2D eigenvalue weighted by Gasteiger charge is -2.18. The van der Waals surface area contributed by atoms with E-state index in [4.69, 9.17) is 4.42 Å². The highest BCUT2D eigenvalue weighted by molar-refractivity contribution is 6.09. The van der Waals surface area contributed by atoms with Gasteiger partial charge in [-0.25, -0.2) is 0 Å². The Bertz CT molecular complexity index is 1320. The van der Waals surface area contributed by atoms with Gasteiger partial charge < -0.3 is 4.42 Å². The molecule has 5 rings (SSSR count). The standard InChI is InChI=1S/C28H24O/c1-28(2,3)22-15-16-26-25(18-22)24-14-8-13-23(27(24)29-26)21-12-7-11-20(17-21)19-9-5-4-6-10-19/h4-18H,1-3H3. The molecule has 1 aromatic heterocycles. The highest BCUT2D eigenvalue weighted by atomic mass is 16.3. The quantitative estimate of drug-likeness (QED) is 0.302. The molecule has 0 saturated carbocycles. The third-order valence-electron chi connectivity index (χ3n) is 5.64. The zero-order valence-electron chi connectivity index (χ0n) is 17.1. The van der Waals surface area contributed by atoms with Crippen molar-refractivity contribution in [2.75, 3.05) is 0 Å². The second-order valence-corrected chi connectivity index (χ2v) is 8.69. The molecule has 0 amide bonds. The van der Waals surface area contributed by atoms with Crippen LogP contribution in [0.15, 0.2) is 95.4 Å². The van der Waals surface area contributed by atoms with E-state index in [-0.39, 0.29) is 5.41 Å². The molecule has 0 fully saturated rings. The lowest BCUT2D eigenvalue weighted by atomic mass is 9.86. The van der Waals surface area contributed by atoms with E-state index in [0.29, 0.717) is 0 Å². The van der Waals surface area contributed by atoms with E-state index >= 15 is 0 Å². The first-order valence-corrected chi connectivity index (χ1v) is 10.1. The molecular formula is C28H24O. The van der Waals surface area contributed by atoms with Crippen LogP contribution in [0, 0.1) is 0 Å². The number of furan rings is 1. The topological polar surface area (TPSA) is 13.1 Å². The SMILES string of the molecule is CC(C)(C)c1ccc2oc3c(-c4cccc(-c5ccccc5)c4)cccc3c2c1. The second kappa shape index (κ2) is 6.63. The zero-order chi connectivity index (χ0) is 20.0. The van der Waals surface area contributed by atoms with Gasteiger partial charge in [-0.2, -0.15) is 0 Å². The van der Waals surface area contributed by atoms with Gasteiger partial charge in [0.2, 0.25) is 0 Å². The van der Waals surface area contributed by atoms with Crippen molar-refractivity contribution in [3.8, 4) is 22.3 Å². The van der Waals surface area contributed by atoms with Gasteiger partial charge in [-0.3, -0.25) is 0 Å². The maximum Gasteiger partial charge on any atom is 0.143 e. The molecule has 5 aromatic rings. The lowest BCUT2D eigenvalue weighted by molar-refractivity contribution is 0.590. The highest BCUT2D eigenvalue weighted by Crippen LogP contribution is 2.38. The van der Waals surface area contributed by atoms with Gasteiger partial charge in [0.05, 0.1) is 0 Å². The third kappa shape index (κ3) is 3.13. The van der Waals surface area contributed by atoms with Crippen molar-refractivity contribution in [3.05, 3.63) is 96.6 Å². The fraction of sp³-hybridized carbons (Fsp3) is 0.143. The Morgan fingerprint density at radius 2 is 1.31 bits per heavy atom. The van der Waals surface area contributed by atoms with Gasteiger partial charge in [0.25, 0.3) is 0 Å². The van der Waals surface area contributed by atoms with Crippen LogP contribution in [0.3, 0.4) is 0 Å². The molecule has 1 nitrogen and oxygen atoms in total. The van der Waals surface area contributed by atoms with Crippen molar-refractivity contribution in [3.63, 3.8) is 0 Å². The molecule has 0 aliphatic carbocycles. The largest absolute Gasteiger partial charge is 0.455 e. The predicted molar refractivity (Wildman–Crippen MR) is 123 cm³/mol. The molecule has 0 spiro atoms. The van der Waals surface area contributed by atoms with Crippen LogP contribution in [0.5, 0.6) is 0 Å². The predicted octanol–water partition coefficient (Wildman–Crippen LogP) is 8.22. The summed E-state index contributed by atoms with van der Waals surface area (Å²) in [6, 6.07) is 32.2. The van der Waals surface area contributed by atoms with Crippen molar-refractivity contribution in [2.24, 2.45) is 0 Å². The van der Waals surface area contributed by atoms with Crippen LogP contribution in [-0.4, -0.2) is 0 Å². The van der Waals surface area contributed by atoms with Gasteiger partial charge in [-0.15, -0.1) is 0 Å². The van der Waals surface area contributed by atoms with Crippen molar-refractivity contribution in [1.82, 2.24) is 0 Å². The minimum absolute atomic E-state index is 0.111. The summed E-state index contributed by atoms with van der Waals surface area (Å²) in [5.74, 6) is 0. The van der Waals surface area contributed by atoms with Crippen molar-refractivity contribution in [2.45, 2.75) is 26.2 Å². The highest BCUT2D eigenvalue weighted by Gasteiger charge is 2.17. The molecule has 142 valence electrons. The minimum Gasteiger partial charge on any atom is -0.455 e. The zero-order valence-corrected chi connectivity index (χ0v) is 17.1. The third-order valence-corrected chi connectivity index (χ3v) is 5.64. The summed E-state index contributed by atoms with van der Waals surface area (Å²) in [6.07, 6.45) is 0. The molecule has 29 heavy (non-hydrogen) atoms. The Hall–Kier alpha value is -3.32. The van der Waals surface area contributed by atoms with Crippen LogP contribution in [0.4, 0.5) is 0 Å². The van der Waals surface area contributed by atoms with E-state index in [9.17, 15) is 0 Å². The Morgan fingerprint density at radius 3 is 2.10 bits per heavy atom. The summed E-state index contributed by atoms with van der Waals surface area (Å²) >= 11 is 0. The number of rotatable bonds is 2. The smallest absolute Gasteiger partial charge is 0.143 e. The van der Waals surface area contributed by atoms with E-state index in [1.165, 1.54) is 33.0 Å². The molecule has 1 heteroatoms. The van der Waals surface area contributed by atoms with E-state index in [0.717, 1.165) is 16.7 Å². The Balaban J connectivity index is 1.70. The average Bonchev–Trinajstić information content (AvgIpc) is 3.12. The summed E-state index contributed by atoms with van der Waals surface area (Å²) < 4.78 is 6.35. The Morgan fingerprint density at radius 1 is 0.586 bits per heavy atom. The van der Waals surface area contributed by atoms with Crippen LogP contribution in [0.1, 0.15) is 26.3 Å².